The van der Waals surface area contributed by atoms with Crippen LogP contribution in [0, 0.1) is 0 Å². The topological polar surface area (TPSA) is 63.4 Å². The normalized spacial score (nSPS) is 8.67. The van der Waals surface area contributed by atoms with E-state index in [0.717, 1.165) is 11.4 Å². The molecular weight excluding hydrogens is 299 g/mol. The molecule has 0 aromatic heterocycles. The third-order valence-electron chi connectivity index (χ3n) is 2.22. The Hall–Kier alpha value is -1.32. The van der Waals surface area contributed by atoms with Gasteiger partial charge >= 0.3 is 18.9 Å². The largest absolute Gasteiger partial charge is 1.00 e. The van der Waals surface area contributed by atoms with Gasteiger partial charge in [0.2, 0.25) is 0 Å². The fourth-order valence-electron chi connectivity index (χ4n) is 1.52. The quantitative estimate of drug-likeness (QED) is 0.572. The molecule has 7 heteroatoms. The van der Waals surface area contributed by atoms with Gasteiger partial charge in [-0.1, -0.05) is 61.7 Å². The summed E-state index contributed by atoms with van der Waals surface area (Å²) in [7, 11) is 0. The molecule has 2 rings (SSSR count). The molecule has 0 fully saturated rings. The summed E-state index contributed by atoms with van der Waals surface area (Å²) in [4.78, 5) is 22.2. The third kappa shape index (κ3) is 7.30. The Labute approximate surface area is 148 Å². The van der Waals surface area contributed by atoms with Gasteiger partial charge in [-0.15, -0.1) is 0 Å². The van der Waals surface area contributed by atoms with Crippen molar-refractivity contribution in [3.05, 3.63) is 60.7 Å². The average molecular weight is 314 g/mol. The number of rotatable bonds is 2. The van der Waals surface area contributed by atoms with Crippen LogP contribution in [0.25, 0.3) is 0 Å². The van der Waals surface area contributed by atoms with Crippen LogP contribution in [-0.4, -0.2) is 10.5 Å². The number of thiol groups is 2. The number of carbonyl (C=O) groups excluding carboxylic acids is 2. The zero-order valence-corrected chi connectivity index (χ0v) is 13.3. The average Bonchev–Trinajstić information content (AvgIpc) is 2.40. The molecule has 0 aliphatic rings. The third-order valence-corrected chi connectivity index (χ3v) is 2.42. The van der Waals surface area contributed by atoms with E-state index in [4.69, 9.17) is 4.79 Å². The maximum Gasteiger partial charge on any atom is 1.00 e. The monoisotopic (exact) mass is 314 g/mol. The number of carbonyl (C=O) groups is 2. The molecule has 0 spiro atoms. The smallest absolute Gasteiger partial charge is 1.00 e. The Morgan fingerprint density at radius 1 is 0.857 bits per heavy atom. The van der Waals surface area contributed by atoms with Crippen LogP contribution in [0.3, 0.4) is 0 Å². The molecule has 0 aliphatic carbocycles. The molecule has 4 nitrogen and oxygen atoms in total. The van der Waals surface area contributed by atoms with Crippen LogP contribution in [-0.2, 0) is 0 Å². The molecule has 0 bridgehead atoms. The van der Waals surface area contributed by atoms with Crippen LogP contribution in [0.5, 0.6) is 0 Å². The molecule has 0 atom stereocenters. The van der Waals surface area contributed by atoms with Crippen molar-refractivity contribution in [1.82, 2.24) is 0 Å². The Kier molecular flexibility index (Phi) is 9.76. The van der Waals surface area contributed by atoms with Gasteiger partial charge in [0.05, 0.1) is 0 Å². The van der Waals surface area contributed by atoms with Gasteiger partial charge in [-0.3, -0.25) is 14.5 Å². The second kappa shape index (κ2) is 10.4. The van der Waals surface area contributed by atoms with E-state index in [1.807, 2.05) is 60.7 Å². The SMILES string of the molecule is NC(=O)S.O=C(S)N(c1ccccc1)c1ccccc1.[H-].[Li+]. The van der Waals surface area contributed by atoms with Crippen molar-refractivity contribution in [2.24, 2.45) is 5.73 Å². The minimum atomic E-state index is -0.639. The molecule has 0 unspecified atom stereocenters. The van der Waals surface area contributed by atoms with Crippen LogP contribution >= 0.6 is 25.3 Å². The van der Waals surface area contributed by atoms with Crippen LogP contribution in [0.2, 0.25) is 0 Å². The minimum Gasteiger partial charge on any atom is -1.00 e. The molecule has 21 heavy (non-hydrogen) atoms. The molecule has 2 aromatic rings. The van der Waals surface area contributed by atoms with E-state index in [0.29, 0.717) is 0 Å². The maximum atomic E-state index is 11.5. The first kappa shape index (κ1) is 19.7. The first-order valence-corrected chi connectivity index (χ1v) is 6.53. The van der Waals surface area contributed by atoms with Gasteiger partial charge in [-0.05, 0) is 24.3 Å². The number of para-hydroxylation sites is 2. The van der Waals surface area contributed by atoms with Crippen molar-refractivity contribution in [2.75, 3.05) is 4.90 Å². The first-order chi connectivity index (χ1) is 9.52. The predicted molar refractivity (Wildman–Crippen MR) is 89.1 cm³/mol. The summed E-state index contributed by atoms with van der Waals surface area (Å²) in [5.74, 6) is 0. The summed E-state index contributed by atoms with van der Waals surface area (Å²) in [6, 6.07) is 18.9. The summed E-state index contributed by atoms with van der Waals surface area (Å²) < 4.78 is 0. The van der Waals surface area contributed by atoms with Gasteiger partial charge in [0, 0.05) is 11.4 Å². The molecule has 0 heterocycles. The van der Waals surface area contributed by atoms with E-state index in [-0.39, 0.29) is 25.5 Å². The Balaban J connectivity index is 0. The molecule has 2 amide bonds. The van der Waals surface area contributed by atoms with Crippen LogP contribution in [0.4, 0.5) is 21.0 Å². The van der Waals surface area contributed by atoms with Crippen molar-refractivity contribution < 1.29 is 29.9 Å². The number of primary amides is 1. The number of amides is 2. The van der Waals surface area contributed by atoms with E-state index in [1.165, 1.54) is 0 Å². The predicted octanol–water partition coefficient (Wildman–Crippen LogP) is 0.986. The van der Waals surface area contributed by atoms with Gasteiger partial charge in [0.25, 0.3) is 10.5 Å². The van der Waals surface area contributed by atoms with Crippen LogP contribution in [0.15, 0.2) is 60.7 Å². The summed E-state index contributed by atoms with van der Waals surface area (Å²) in [6.45, 7) is 0. The summed E-state index contributed by atoms with van der Waals surface area (Å²) in [6.07, 6.45) is 0. The van der Waals surface area contributed by atoms with Gasteiger partial charge in [0.1, 0.15) is 0 Å². The minimum absolute atomic E-state index is 0. The van der Waals surface area contributed by atoms with Gasteiger partial charge in [0.15, 0.2) is 0 Å². The number of hydrogen-bond acceptors (Lipinski definition) is 2. The Bertz CT molecular complexity index is 530. The number of benzene rings is 2. The summed E-state index contributed by atoms with van der Waals surface area (Å²) in [5, 5.41) is -0.933. The Morgan fingerprint density at radius 2 is 1.14 bits per heavy atom. The van der Waals surface area contributed by atoms with E-state index < -0.39 is 5.24 Å². The molecule has 0 saturated carbocycles. The molecule has 2 aromatic carbocycles. The Morgan fingerprint density at radius 3 is 1.38 bits per heavy atom. The van der Waals surface area contributed by atoms with Gasteiger partial charge in [-0.25, -0.2) is 0 Å². The zero-order valence-electron chi connectivity index (χ0n) is 12.5. The molecule has 2 N–H and O–H groups in total. The molecular formula is C14H15LiN2O2S2. The fraction of sp³-hybridized carbons (Fsp3) is 0. The van der Waals surface area contributed by atoms with Crippen LogP contribution < -0.4 is 29.5 Å². The summed E-state index contributed by atoms with van der Waals surface area (Å²) >= 11 is 7.01. The summed E-state index contributed by atoms with van der Waals surface area (Å²) in [5.41, 5.74) is 5.96. The standard InChI is InChI=1S/C13H11NOS.CH3NOS.Li.H/c15-13(16)14(11-7-3-1-4-8-11)12-9-5-2-6-10-12;2-1(3)4;;/h1-10H,(H,15,16);(H3,2,3,4);;/q;;+1;-1. The van der Waals surface area contributed by atoms with Gasteiger partial charge < -0.3 is 7.16 Å². The van der Waals surface area contributed by atoms with E-state index in [2.05, 4.69) is 31.0 Å². The second-order valence-electron chi connectivity index (χ2n) is 3.63. The molecule has 0 aliphatic heterocycles. The van der Waals surface area contributed by atoms with Crippen molar-refractivity contribution in [1.29, 1.82) is 0 Å². The van der Waals surface area contributed by atoms with E-state index in [1.54, 1.807) is 4.90 Å². The number of hydrogen-bond donors (Lipinski definition) is 3. The number of nitrogens with two attached hydrogens (primary N) is 1. The first-order valence-electron chi connectivity index (χ1n) is 5.64. The van der Waals surface area contributed by atoms with Crippen LogP contribution in [0.1, 0.15) is 1.43 Å². The van der Waals surface area contributed by atoms with Crippen molar-refractivity contribution >= 4 is 47.1 Å². The molecule has 0 radical (unpaired) electrons. The number of nitrogens with zero attached hydrogens (tertiary/aromatic N) is 1. The zero-order chi connectivity index (χ0) is 15.0. The number of anilines is 2. The van der Waals surface area contributed by atoms with Crippen molar-refractivity contribution in [2.45, 2.75) is 0 Å². The maximum absolute atomic E-state index is 11.5. The molecule has 0 saturated heterocycles. The molecule has 106 valence electrons. The van der Waals surface area contributed by atoms with E-state index >= 15 is 0 Å². The fourth-order valence-corrected chi connectivity index (χ4v) is 1.76. The van der Waals surface area contributed by atoms with E-state index in [9.17, 15) is 4.79 Å². The second-order valence-corrected chi connectivity index (χ2v) is 4.45. The van der Waals surface area contributed by atoms with Gasteiger partial charge in [-0.2, -0.15) is 0 Å². The van der Waals surface area contributed by atoms with Crippen molar-refractivity contribution in [3.8, 4) is 0 Å². The van der Waals surface area contributed by atoms with Crippen molar-refractivity contribution in [3.63, 3.8) is 0 Å².